The Bertz CT molecular complexity index is 1150. The number of aliphatic hydroxyl groups excluding tert-OH is 2. The number of aromatic nitrogens is 4. The number of thioether (sulfide) groups is 1. The summed E-state index contributed by atoms with van der Waals surface area (Å²) < 4.78 is 30.7. The van der Waals surface area contributed by atoms with E-state index >= 15 is 0 Å². The molecule has 1 aliphatic heterocycles. The molecule has 1 aliphatic rings. The Kier molecular flexibility index (Phi) is 5.31. The average Bonchev–Trinajstić information content (AvgIpc) is 3.22. The van der Waals surface area contributed by atoms with Crippen LogP contribution in [0.4, 0.5) is 0 Å². The molecule has 3 heterocycles. The second kappa shape index (κ2) is 7.63. The summed E-state index contributed by atoms with van der Waals surface area (Å²) in [6.07, 6.45) is -0.646. The molecule has 1 aromatic carbocycles. The molecular weight excluding hydrogens is 418 g/mol. The molecule has 0 bridgehead atoms. The number of nitrogens with zero attached hydrogens (tertiary/aromatic N) is 4. The summed E-state index contributed by atoms with van der Waals surface area (Å²) >= 11 is 1.29. The van der Waals surface area contributed by atoms with E-state index in [0.29, 0.717) is 27.5 Å². The van der Waals surface area contributed by atoms with E-state index in [4.69, 9.17) is 9.88 Å². The first-order valence-corrected chi connectivity index (χ1v) is 11.2. The Morgan fingerprint density at radius 1 is 1.21 bits per heavy atom. The molecule has 4 N–H and O–H groups in total. The molecule has 154 valence electrons. The van der Waals surface area contributed by atoms with Crippen LogP contribution in [0.15, 0.2) is 46.8 Å². The highest BCUT2D eigenvalue weighted by Crippen LogP contribution is 2.33. The molecule has 4 rings (SSSR count). The molecule has 0 saturated carbocycles. The molecule has 10 nitrogen and oxygen atoms in total. The molecule has 1 saturated heterocycles. The molecule has 4 atom stereocenters. The number of rotatable bonds is 5. The first kappa shape index (κ1) is 20.2. The van der Waals surface area contributed by atoms with E-state index in [1.54, 1.807) is 29.7 Å². The van der Waals surface area contributed by atoms with Gasteiger partial charge in [0.05, 0.1) is 17.3 Å². The number of nitrogens with two attached hydrogens (primary N) is 1. The molecule has 0 spiro atoms. The van der Waals surface area contributed by atoms with E-state index in [9.17, 15) is 18.6 Å². The number of sulfonamides is 1. The van der Waals surface area contributed by atoms with Gasteiger partial charge in [0.1, 0.15) is 29.1 Å². The first-order valence-electron chi connectivity index (χ1n) is 8.70. The first-order chi connectivity index (χ1) is 13.8. The third kappa shape index (κ3) is 3.74. The van der Waals surface area contributed by atoms with Gasteiger partial charge in [-0.2, -0.15) is 0 Å². The fourth-order valence-corrected chi connectivity index (χ4v) is 5.04. The predicted octanol–water partition coefficient (Wildman–Crippen LogP) is 0.405. The number of fused-ring (bicyclic) bond motifs is 1. The molecule has 1 fully saturated rings. The van der Waals surface area contributed by atoms with E-state index in [2.05, 4.69) is 15.0 Å². The van der Waals surface area contributed by atoms with Gasteiger partial charge in [0.15, 0.2) is 11.9 Å². The second-order valence-corrected chi connectivity index (χ2v) is 9.15. The molecule has 3 aromatic rings. The number of primary sulfonamides is 1. The van der Waals surface area contributed by atoms with E-state index in [0.717, 1.165) is 0 Å². The van der Waals surface area contributed by atoms with Crippen molar-refractivity contribution in [1.29, 1.82) is 0 Å². The summed E-state index contributed by atoms with van der Waals surface area (Å²) in [5, 5.41) is 26.0. The van der Waals surface area contributed by atoms with Gasteiger partial charge >= 0.3 is 0 Å². The minimum absolute atomic E-state index is 0.0637. The zero-order valence-electron chi connectivity index (χ0n) is 15.3. The van der Waals surface area contributed by atoms with Crippen LogP contribution in [-0.4, -0.2) is 56.5 Å². The summed E-state index contributed by atoms with van der Waals surface area (Å²) in [5.74, 6) is 0.309. The lowest BCUT2D eigenvalue weighted by Gasteiger charge is -2.16. The molecule has 12 heteroatoms. The maximum atomic E-state index is 11.8. The summed E-state index contributed by atoms with van der Waals surface area (Å²) in [4.78, 5) is 12.9. The van der Waals surface area contributed by atoms with Crippen molar-refractivity contribution in [3.05, 3.63) is 42.5 Å². The summed E-state index contributed by atoms with van der Waals surface area (Å²) in [6, 6.07) is 6.50. The van der Waals surface area contributed by atoms with Crippen LogP contribution in [0, 0.1) is 0 Å². The molecule has 0 unspecified atom stereocenters. The van der Waals surface area contributed by atoms with Crippen molar-refractivity contribution >= 4 is 32.9 Å². The molecule has 0 radical (unpaired) electrons. The number of imidazole rings is 1. The van der Waals surface area contributed by atoms with Crippen LogP contribution in [0.3, 0.4) is 0 Å². The number of hydrogen-bond acceptors (Lipinski definition) is 9. The lowest BCUT2D eigenvalue weighted by atomic mass is 10.1. The predicted molar refractivity (Wildman–Crippen MR) is 104 cm³/mol. The molecule has 0 amide bonds. The highest BCUT2D eigenvalue weighted by atomic mass is 32.2. The topological polar surface area (TPSA) is 153 Å². The van der Waals surface area contributed by atoms with Crippen molar-refractivity contribution in [3.63, 3.8) is 0 Å². The quantitative estimate of drug-likeness (QED) is 0.380. The number of hydrogen-bond donors (Lipinski definition) is 3. The third-order valence-electron chi connectivity index (χ3n) is 4.72. The van der Waals surface area contributed by atoms with Crippen LogP contribution in [0.5, 0.6) is 0 Å². The second-order valence-electron chi connectivity index (χ2n) is 6.66. The smallest absolute Gasteiger partial charge is 0.238 e. The largest absolute Gasteiger partial charge is 0.388 e. The normalized spacial score (nSPS) is 25.0. The summed E-state index contributed by atoms with van der Waals surface area (Å²) in [7, 11) is -3.84. The van der Waals surface area contributed by atoms with Crippen molar-refractivity contribution in [2.45, 2.75) is 47.1 Å². The maximum Gasteiger partial charge on any atom is 0.238 e. The minimum Gasteiger partial charge on any atom is -0.388 e. The Morgan fingerprint density at radius 3 is 2.66 bits per heavy atom. The van der Waals surface area contributed by atoms with Gasteiger partial charge in [-0.05, 0) is 18.6 Å². The number of aliphatic hydroxyl groups is 2. The number of ether oxygens (including phenoxy) is 1. The van der Waals surface area contributed by atoms with Gasteiger partial charge in [-0.1, -0.05) is 30.0 Å². The van der Waals surface area contributed by atoms with Crippen LogP contribution in [0.25, 0.3) is 11.2 Å². The number of benzene rings is 1. The van der Waals surface area contributed by atoms with Gasteiger partial charge in [-0.3, -0.25) is 4.57 Å². The Morgan fingerprint density at radius 2 is 1.97 bits per heavy atom. The zero-order valence-corrected chi connectivity index (χ0v) is 16.9. The van der Waals surface area contributed by atoms with Crippen molar-refractivity contribution in [2.75, 3.05) is 0 Å². The highest BCUT2D eigenvalue weighted by molar-refractivity contribution is 7.98. The minimum atomic E-state index is -3.84. The van der Waals surface area contributed by atoms with E-state index in [-0.39, 0.29) is 4.90 Å². The van der Waals surface area contributed by atoms with Crippen LogP contribution in [-0.2, 0) is 20.5 Å². The molecule has 0 aliphatic carbocycles. The zero-order chi connectivity index (χ0) is 20.8. The highest BCUT2D eigenvalue weighted by Gasteiger charge is 2.42. The van der Waals surface area contributed by atoms with Crippen molar-refractivity contribution < 1.29 is 23.4 Å². The van der Waals surface area contributed by atoms with Crippen molar-refractivity contribution in [1.82, 2.24) is 19.5 Å². The van der Waals surface area contributed by atoms with Gasteiger partial charge < -0.3 is 14.9 Å². The SMILES string of the molecule is C[C@H]1O[C@@H](n2cnc3c(SCc4ccccc4S(N)(=O)=O)ncnc32)[C@H](O)[C@@H]1O. The van der Waals surface area contributed by atoms with Gasteiger partial charge in [-0.25, -0.2) is 28.5 Å². The van der Waals surface area contributed by atoms with Crippen LogP contribution in [0.1, 0.15) is 18.7 Å². The lowest BCUT2D eigenvalue weighted by molar-refractivity contribution is -0.0299. The van der Waals surface area contributed by atoms with Crippen molar-refractivity contribution in [3.8, 4) is 0 Å². The molecular formula is C17H19N5O5S2. The van der Waals surface area contributed by atoms with Crippen LogP contribution < -0.4 is 5.14 Å². The van der Waals surface area contributed by atoms with E-state index in [1.165, 1.54) is 30.5 Å². The van der Waals surface area contributed by atoms with Gasteiger partial charge in [0.25, 0.3) is 0 Å². The molecule has 2 aromatic heterocycles. The summed E-state index contributed by atoms with van der Waals surface area (Å²) in [6.45, 7) is 1.67. The van der Waals surface area contributed by atoms with Crippen LogP contribution >= 0.6 is 11.8 Å². The standard InChI is InChI=1S/C17H19N5O5S2/c1-9-13(23)14(24)17(27-9)22-8-21-12-15(22)19-7-20-16(12)28-6-10-4-2-3-5-11(10)29(18,25)26/h2-5,7-9,13-14,17,23-24H,6H2,1H3,(H2,18,25,26)/t9-,13-,14-,17-/m1/s1. The fraction of sp³-hybridized carbons (Fsp3) is 0.353. The van der Waals surface area contributed by atoms with E-state index < -0.39 is 34.6 Å². The van der Waals surface area contributed by atoms with Gasteiger partial charge in [0, 0.05) is 5.75 Å². The maximum absolute atomic E-state index is 11.8. The average molecular weight is 438 g/mol. The third-order valence-corrected chi connectivity index (χ3v) is 6.76. The Balaban J connectivity index is 1.63. The fourth-order valence-electron chi connectivity index (χ4n) is 3.23. The van der Waals surface area contributed by atoms with Crippen LogP contribution in [0.2, 0.25) is 0 Å². The van der Waals surface area contributed by atoms with E-state index in [1.807, 2.05) is 0 Å². The van der Waals surface area contributed by atoms with Gasteiger partial charge in [0.2, 0.25) is 10.0 Å². The van der Waals surface area contributed by atoms with Gasteiger partial charge in [-0.15, -0.1) is 0 Å². The van der Waals surface area contributed by atoms with Crippen molar-refractivity contribution in [2.24, 2.45) is 5.14 Å². The molecule has 29 heavy (non-hydrogen) atoms. The Hall–Kier alpha value is -2.09. The summed E-state index contributed by atoms with van der Waals surface area (Å²) in [5.41, 5.74) is 1.47. The lowest BCUT2D eigenvalue weighted by Crippen LogP contribution is -2.30. The monoisotopic (exact) mass is 437 g/mol. The Labute approximate surface area is 170 Å².